The van der Waals surface area contributed by atoms with Crippen LogP contribution in [0.15, 0.2) is 18.3 Å². The van der Waals surface area contributed by atoms with Crippen molar-refractivity contribution in [2.24, 2.45) is 0 Å². The second-order valence-corrected chi connectivity index (χ2v) is 6.99. The van der Waals surface area contributed by atoms with E-state index < -0.39 is 0 Å². The largest absolute Gasteiger partial charge is 0.475 e. The van der Waals surface area contributed by atoms with Gasteiger partial charge in [0.1, 0.15) is 6.61 Å². The topological polar surface area (TPSA) is 43.4 Å². The third-order valence-corrected chi connectivity index (χ3v) is 3.42. The van der Waals surface area contributed by atoms with Gasteiger partial charge in [-0.25, -0.2) is 4.98 Å². The van der Waals surface area contributed by atoms with E-state index in [1.165, 1.54) is 0 Å². The molecule has 5 heteroatoms. The van der Waals surface area contributed by atoms with Crippen molar-refractivity contribution in [2.45, 2.75) is 38.5 Å². The molecule has 108 valence electrons. The van der Waals surface area contributed by atoms with Crippen LogP contribution in [0.4, 0.5) is 0 Å². The van der Waals surface area contributed by atoms with E-state index in [2.05, 4.69) is 37.4 Å². The molecule has 0 aliphatic carbocycles. The van der Waals surface area contributed by atoms with Crippen molar-refractivity contribution in [3.63, 3.8) is 0 Å². The number of aromatic nitrogens is 1. The standard InChI is InChI=1S/C14H24N2O2S/c1-11(16-19-14(2,3)4)12-6-7-13(15-10-12)18-9-8-17-5/h6-7,10-11,16H,8-9H2,1-5H3. The monoisotopic (exact) mass is 284 g/mol. The zero-order valence-corrected chi connectivity index (χ0v) is 13.2. The Balaban J connectivity index is 2.46. The molecule has 0 saturated heterocycles. The Morgan fingerprint density at radius 1 is 1.32 bits per heavy atom. The Kier molecular flexibility index (Phi) is 6.62. The highest BCUT2D eigenvalue weighted by atomic mass is 32.2. The van der Waals surface area contributed by atoms with Gasteiger partial charge in [-0.1, -0.05) is 18.0 Å². The molecule has 1 aromatic heterocycles. The zero-order chi connectivity index (χ0) is 14.3. The summed E-state index contributed by atoms with van der Waals surface area (Å²) in [5.41, 5.74) is 1.15. The third-order valence-electron chi connectivity index (χ3n) is 2.34. The summed E-state index contributed by atoms with van der Waals surface area (Å²) in [5, 5.41) is 0. The molecule has 0 radical (unpaired) electrons. The Hall–Kier alpha value is -0.780. The maximum absolute atomic E-state index is 5.43. The Bertz CT molecular complexity index is 363. The van der Waals surface area contributed by atoms with Crippen LogP contribution in [-0.4, -0.2) is 30.1 Å². The number of hydrogen-bond acceptors (Lipinski definition) is 5. The number of methoxy groups -OCH3 is 1. The van der Waals surface area contributed by atoms with Crippen LogP contribution in [-0.2, 0) is 4.74 Å². The van der Waals surface area contributed by atoms with E-state index in [4.69, 9.17) is 9.47 Å². The molecule has 4 nitrogen and oxygen atoms in total. The van der Waals surface area contributed by atoms with Crippen LogP contribution in [0.2, 0.25) is 0 Å². The molecule has 0 spiro atoms. The summed E-state index contributed by atoms with van der Waals surface area (Å²) >= 11 is 1.73. The summed E-state index contributed by atoms with van der Waals surface area (Å²) in [6.07, 6.45) is 1.85. The van der Waals surface area contributed by atoms with Gasteiger partial charge >= 0.3 is 0 Å². The smallest absolute Gasteiger partial charge is 0.213 e. The fourth-order valence-corrected chi connectivity index (χ4v) is 1.96. The summed E-state index contributed by atoms with van der Waals surface area (Å²) < 4.78 is 14.0. The molecular weight excluding hydrogens is 260 g/mol. The maximum atomic E-state index is 5.43. The molecule has 0 aromatic carbocycles. The van der Waals surface area contributed by atoms with E-state index in [0.29, 0.717) is 19.1 Å². The zero-order valence-electron chi connectivity index (χ0n) is 12.4. The van der Waals surface area contributed by atoms with E-state index >= 15 is 0 Å². The predicted octanol–water partition coefficient (Wildman–Crippen LogP) is 3.20. The van der Waals surface area contributed by atoms with E-state index in [0.717, 1.165) is 5.56 Å². The minimum absolute atomic E-state index is 0.199. The van der Waals surface area contributed by atoms with E-state index in [1.807, 2.05) is 18.3 Å². The SMILES string of the molecule is COCCOc1ccc(C(C)NSC(C)(C)C)cn1. The minimum atomic E-state index is 0.199. The van der Waals surface area contributed by atoms with Crippen molar-refractivity contribution in [1.82, 2.24) is 9.71 Å². The van der Waals surface area contributed by atoms with Crippen LogP contribution in [0.1, 0.15) is 39.3 Å². The number of hydrogen-bond donors (Lipinski definition) is 1. The molecule has 0 saturated carbocycles. The lowest BCUT2D eigenvalue weighted by Gasteiger charge is -2.21. The molecule has 19 heavy (non-hydrogen) atoms. The molecule has 0 aliphatic heterocycles. The van der Waals surface area contributed by atoms with Gasteiger partial charge in [0, 0.05) is 30.2 Å². The third kappa shape index (κ3) is 6.80. The first kappa shape index (κ1) is 16.3. The number of pyridine rings is 1. The van der Waals surface area contributed by atoms with Crippen molar-refractivity contribution in [3.8, 4) is 5.88 Å². The molecule has 1 aromatic rings. The van der Waals surface area contributed by atoms with Gasteiger partial charge in [-0.2, -0.15) is 0 Å². The molecule has 0 aliphatic rings. The van der Waals surface area contributed by atoms with Gasteiger partial charge < -0.3 is 9.47 Å². The molecule has 1 heterocycles. The summed E-state index contributed by atoms with van der Waals surface area (Å²) in [4.78, 5) is 4.29. The van der Waals surface area contributed by atoms with Crippen LogP contribution in [0, 0.1) is 0 Å². The van der Waals surface area contributed by atoms with Crippen molar-refractivity contribution >= 4 is 11.9 Å². The highest BCUT2D eigenvalue weighted by Gasteiger charge is 2.13. The minimum Gasteiger partial charge on any atom is -0.475 e. The summed E-state index contributed by atoms with van der Waals surface area (Å²) in [5.74, 6) is 0.636. The van der Waals surface area contributed by atoms with E-state index in [9.17, 15) is 0 Å². The van der Waals surface area contributed by atoms with Crippen LogP contribution in [0.3, 0.4) is 0 Å². The van der Waals surface area contributed by atoms with Crippen LogP contribution in [0.25, 0.3) is 0 Å². The quantitative estimate of drug-likeness (QED) is 0.615. The van der Waals surface area contributed by atoms with Crippen LogP contribution >= 0.6 is 11.9 Å². The number of rotatable bonds is 7. The average molecular weight is 284 g/mol. The lowest BCUT2D eigenvalue weighted by Crippen LogP contribution is -2.20. The van der Waals surface area contributed by atoms with Crippen LogP contribution in [0.5, 0.6) is 5.88 Å². The van der Waals surface area contributed by atoms with Crippen molar-refractivity contribution < 1.29 is 9.47 Å². The van der Waals surface area contributed by atoms with E-state index in [-0.39, 0.29) is 10.8 Å². The number of nitrogens with one attached hydrogen (secondary N) is 1. The van der Waals surface area contributed by atoms with Gasteiger partial charge in [0.2, 0.25) is 5.88 Å². The second kappa shape index (κ2) is 7.72. The first-order valence-corrected chi connectivity index (χ1v) is 7.25. The van der Waals surface area contributed by atoms with Crippen molar-refractivity contribution in [2.75, 3.05) is 20.3 Å². The fourth-order valence-electron chi connectivity index (χ4n) is 1.30. The molecule has 1 N–H and O–H groups in total. The van der Waals surface area contributed by atoms with Gasteiger partial charge in [-0.05, 0) is 33.3 Å². The summed E-state index contributed by atoms with van der Waals surface area (Å²) in [6.45, 7) is 9.77. The first-order valence-electron chi connectivity index (χ1n) is 6.43. The molecule has 1 unspecified atom stereocenters. The summed E-state index contributed by atoms with van der Waals surface area (Å²) in [6, 6.07) is 4.19. The second-order valence-electron chi connectivity index (χ2n) is 5.33. The van der Waals surface area contributed by atoms with Crippen molar-refractivity contribution in [1.29, 1.82) is 0 Å². The van der Waals surface area contributed by atoms with Gasteiger partial charge in [0.25, 0.3) is 0 Å². The number of ether oxygens (including phenoxy) is 2. The van der Waals surface area contributed by atoms with Gasteiger partial charge in [-0.3, -0.25) is 4.72 Å². The Labute approximate surface area is 120 Å². The maximum Gasteiger partial charge on any atom is 0.213 e. The summed E-state index contributed by atoms with van der Waals surface area (Å²) in [7, 11) is 1.65. The number of nitrogens with zero attached hydrogens (tertiary/aromatic N) is 1. The molecule has 1 atom stereocenters. The Morgan fingerprint density at radius 3 is 2.58 bits per heavy atom. The van der Waals surface area contributed by atoms with Gasteiger partial charge in [0.15, 0.2) is 0 Å². The lowest BCUT2D eigenvalue weighted by molar-refractivity contribution is 0.143. The first-order chi connectivity index (χ1) is 8.92. The van der Waals surface area contributed by atoms with Crippen LogP contribution < -0.4 is 9.46 Å². The lowest BCUT2D eigenvalue weighted by atomic mass is 10.2. The molecule has 1 rings (SSSR count). The predicted molar refractivity (Wildman–Crippen MR) is 80.5 cm³/mol. The highest BCUT2D eigenvalue weighted by Crippen LogP contribution is 2.24. The van der Waals surface area contributed by atoms with E-state index in [1.54, 1.807) is 19.1 Å². The molecule has 0 amide bonds. The molecular formula is C14H24N2O2S. The average Bonchev–Trinajstić information content (AvgIpc) is 2.36. The normalized spacial score (nSPS) is 13.3. The molecule has 0 fully saturated rings. The molecule has 0 bridgehead atoms. The Morgan fingerprint density at radius 2 is 2.05 bits per heavy atom. The van der Waals surface area contributed by atoms with Gasteiger partial charge in [0.05, 0.1) is 6.61 Å². The van der Waals surface area contributed by atoms with Crippen molar-refractivity contribution in [3.05, 3.63) is 23.9 Å². The highest BCUT2D eigenvalue weighted by molar-refractivity contribution is 7.98. The fraction of sp³-hybridized carbons (Fsp3) is 0.643. The van der Waals surface area contributed by atoms with Gasteiger partial charge in [-0.15, -0.1) is 0 Å².